The minimum absolute atomic E-state index is 0.456. The predicted octanol–water partition coefficient (Wildman–Crippen LogP) is 2.16. The molecule has 0 bridgehead atoms. The number of ether oxygens (including phenoxy) is 3. The Morgan fingerprint density at radius 2 is 2.05 bits per heavy atom. The highest BCUT2D eigenvalue weighted by Gasteiger charge is 2.09. The highest BCUT2D eigenvalue weighted by Crippen LogP contribution is 2.27. The van der Waals surface area contributed by atoms with Crippen molar-refractivity contribution in [1.82, 2.24) is 9.97 Å². The second-order valence-corrected chi connectivity index (χ2v) is 4.87. The molecule has 110 valence electrons. The zero-order valence-electron chi connectivity index (χ0n) is 11.7. The normalized spacial score (nSPS) is 10.9. The lowest BCUT2D eigenvalue weighted by Gasteiger charge is -2.09. The standard InChI is InChI=1S/C13H19N3O3S/c1-3-14-13-15-11(10-4-9-20-12(10)16-13)19-8-7-18-6-5-17-2/h4,9H,3,5-8H2,1-2H3,(H,14,15,16). The van der Waals surface area contributed by atoms with Gasteiger partial charge in [0.1, 0.15) is 11.4 Å². The van der Waals surface area contributed by atoms with Gasteiger partial charge in [-0.2, -0.15) is 4.98 Å². The number of fused-ring (bicyclic) bond motifs is 1. The molecule has 0 radical (unpaired) electrons. The molecule has 6 nitrogen and oxygen atoms in total. The van der Waals surface area contributed by atoms with Gasteiger partial charge in [0.05, 0.1) is 25.2 Å². The van der Waals surface area contributed by atoms with Gasteiger partial charge < -0.3 is 19.5 Å². The summed E-state index contributed by atoms with van der Waals surface area (Å²) in [7, 11) is 1.65. The number of nitrogens with one attached hydrogen (secondary N) is 1. The Bertz CT molecular complexity index is 533. The molecule has 0 amide bonds. The molecule has 2 aromatic rings. The first kappa shape index (κ1) is 15.0. The maximum Gasteiger partial charge on any atom is 0.227 e. The predicted molar refractivity (Wildman–Crippen MR) is 79.8 cm³/mol. The van der Waals surface area contributed by atoms with Crippen LogP contribution in [0.2, 0.25) is 0 Å². The maximum atomic E-state index is 5.69. The number of hydrogen-bond donors (Lipinski definition) is 1. The van der Waals surface area contributed by atoms with E-state index in [0.717, 1.165) is 16.8 Å². The van der Waals surface area contributed by atoms with E-state index in [9.17, 15) is 0 Å². The third-order valence-electron chi connectivity index (χ3n) is 2.52. The SMILES string of the molecule is CCNc1nc(OCCOCCOC)c2ccsc2n1. The third-order valence-corrected chi connectivity index (χ3v) is 3.33. The molecule has 2 aromatic heterocycles. The van der Waals surface area contributed by atoms with Gasteiger partial charge in [-0.25, -0.2) is 4.98 Å². The Morgan fingerprint density at radius 1 is 1.20 bits per heavy atom. The molecule has 0 aliphatic carbocycles. The quantitative estimate of drug-likeness (QED) is 0.716. The van der Waals surface area contributed by atoms with E-state index in [0.29, 0.717) is 38.3 Å². The zero-order valence-corrected chi connectivity index (χ0v) is 12.5. The number of methoxy groups -OCH3 is 1. The van der Waals surface area contributed by atoms with E-state index in [-0.39, 0.29) is 0 Å². The van der Waals surface area contributed by atoms with Crippen LogP contribution in [0.1, 0.15) is 6.92 Å². The van der Waals surface area contributed by atoms with Crippen molar-refractivity contribution in [3.05, 3.63) is 11.4 Å². The molecule has 0 spiro atoms. The Kier molecular flexibility index (Phi) is 5.97. The van der Waals surface area contributed by atoms with Crippen LogP contribution in [0.15, 0.2) is 11.4 Å². The lowest BCUT2D eigenvalue weighted by molar-refractivity contribution is 0.0540. The Balaban J connectivity index is 1.95. The fourth-order valence-corrected chi connectivity index (χ4v) is 2.37. The molecule has 0 saturated heterocycles. The highest BCUT2D eigenvalue weighted by molar-refractivity contribution is 7.16. The second-order valence-electron chi connectivity index (χ2n) is 3.98. The molecule has 20 heavy (non-hydrogen) atoms. The molecule has 0 fully saturated rings. The van der Waals surface area contributed by atoms with Crippen LogP contribution in [0.25, 0.3) is 10.2 Å². The van der Waals surface area contributed by atoms with E-state index in [2.05, 4.69) is 15.3 Å². The van der Waals surface area contributed by atoms with E-state index >= 15 is 0 Å². The highest BCUT2D eigenvalue weighted by atomic mass is 32.1. The van der Waals surface area contributed by atoms with Crippen LogP contribution in [0.5, 0.6) is 5.88 Å². The smallest absolute Gasteiger partial charge is 0.227 e. The Hall–Kier alpha value is -1.44. The molecule has 2 rings (SSSR count). The average Bonchev–Trinajstić information content (AvgIpc) is 2.91. The molecular formula is C13H19N3O3S. The van der Waals surface area contributed by atoms with E-state index < -0.39 is 0 Å². The first-order valence-corrected chi connectivity index (χ1v) is 7.41. The number of nitrogens with zero attached hydrogens (tertiary/aromatic N) is 2. The van der Waals surface area contributed by atoms with Crippen molar-refractivity contribution >= 4 is 27.5 Å². The van der Waals surface area contributed by atoms with Gasteiger partial charge in [-0.05, 0) is 18.4 Å². The molecule has 0 atom stereocenters. The van der Waals surface area contributed by atoms with Crippen LogP contribution in [-0.2, 0) is 9.47 Å². The lowest BCUT2D eigenvalue weighted by atomic mass is 10.4. The number of aromatic nitrogens is 2. The van der Waals surface area contributed by atoms with E-state index in [1.165, 1.54) is 0 Å². The monoisotopic (exact) mass is 297 g/mol. The van der Waals surface area contributed by atoms with Crippen molar-refractivity contribution in [3.63, 3.8) is 0 Å². The Morgan fingerprint density at radius 3 is 2.85 bits per heavy atom. The fraction of sp³-hybridized carbons (Fsp3) is 0.538. The van der Waals surface area contributed by atoms with Gasteiger partial charge in [-0.3, -0.25) is 0 Å². The van der Waals surface area contributed by atoms with Crippen LogP contribution in [0.3, 0.4) is 0 Å². The minimum atomic E-state index is 0.456. The van der Waals surface area contributed by atoms with E-state index in [1.54, 1.807) is 18.4 Å². The van der Waals surface area contributed by atoms with Crippen molar-refractivity contribution in [1.29, 1.82) is 0 Å². The summed E-state index contributed by atoms with van der Waals surface area (Å²) in [5.74, 6) is 1.19. The molecule has 0 aromatic carbocycles. The van der Waals surface area contributed by atoms with Crippen molar-refractivity contribution in [2.75, 3.05) is 45.4 Å². The van der Waals surface area contributed by atoms with Crippen molar-refractivity contribution in [3.8, 4) is 5.88 Å². The van der Waals surface area contributed by atoms with Gasteiger partial charge in [0.2, 0.25) is 11.8 Å². The Labute approximate surface area is 122 Å². The summed E-state index contributed by atoms with van der Waals surface area (Å²) in [5.41, 5.74) is 0. The summed E-state index contributed by atoms with van der Waals surface area (Å²) in [6, 6.07) is 1.97. The van der Waals surface area contributed by atoms with Gasteiger partial charge in [-0.15, -0.1) is 11.3 Å². The minimum Gasteiger partial charge on any atom is -0.475 e. The number of anilines is 1. The molecule has 0 aliphatic rings. The summed E-state index contributed by atoms with van der Waals surface area (Å²) in [6.45, 7) is 4.91. The van der Waals surface area contributed by atoms with Gasteiger partial charge in [0.15, 0.2) is 0 Å². The van der Waals surface area contributed by atoms with Crippen LogP contribution in [-0.4, -0.2) is 50.1 Å². The van der Waals surface area contributed by atoms with E-state index in [4.69, 9.17) is 14.2 Å². The van der Waals surface area contributed by atoms with Crippen LogP contribution in [0, 0.1) is 0 Å². The maximum absolute atomic E-state index is 5.69. The topological polar surface area (TPSA) is 65.5 Å². The van der Waals surface area contributed by atoms with Crippen LogP contribution < -0.4 is 10.1 Å². The van der Waals surface area contributed by atoms with Gasteiger partial charge >= 0.3 is 0 Å². The van der Waals surface area contributed by atoms with Crippen LogP contribution >= 0.6 is 11.3 Å². The van der Waals surface area contributed by atoms with Gasteiger partial charge in [-0.1, -0.05) is 0 Å². The lowest BCUT2D eigenvalue weighted by Crippen LogP contribution is -2.11. The van der Waals surface area contributed by atoms with Crippen molar-refractivity contribution < 1.29 is 14.2 Å². The second kappa shape index (κ2) is 7.98. The third kappa shape index (κ3) is 4.03. The van der Waals surface area contributed by atoms with Crippen molar-refractivity contribution in [2.24, 2.45) is 0 Å². The molecule has 0 unspecified atom stereocenters. The van der Waals surface area contributed by atoms with Crippen LogP contribution in [0.4, 0.5) is 5.95 Å². The summed E-state index contributed by atoms with van der Waals surface area (Å²) in [4.78, 5) is 9.72. The largest absolute Gasteiger partial charge is 0.475 e. The molecular weight excluding hydrogens is 278 g/mol. The number of rotatable bonds is 9. The summed E-state index contributed by atoms with van der Waals surface area (Å²) in [6.07, 6.45) is 0. The first-order valence-electron chi connectivity index (χ1n) is 6.53. The number of thiophene rings is 1. The average molecular weight is 297 g/mol. The van der Waals surface area contributed by atoms with Gasteiger partial charge in [0.25, 0.3) is 0 Å². The zero-order chi connectivity index (χ0) is 14.2. The molecule has 1 N–H and O–H groups in total. The van der Waals surface area contributed by atoms with E-state index in [1.807, 2.05) is 18.4 Å². The summed E-state index contributed by atoms with van der Waals surface area (Å²) >= 11 is 1.57. The molecule has 7 heteroatoms. The summed E-state index contributed by atoms with van der Waals surface area (Å²) in [5, 5.41) is 6.03. The molecule has 0 saturated carbocycles. The number of hydrogen-bond acceptors (Lipinski definition) is 7. The summed E-state index contributed by atoms with van der Waals surface area (Å²) < 4.78 is 16.0. The molecule has 2 heterocycles. The van der Waals surface area contributed by atoms with Crippen molar-refractivity contribution in [2.45, 2.75) is 6.92 Å². The first-order chi connectivity index (χ1) is 9.85. The van der Waals surface area contributed by atoms with Gasteiger partial charge in [0, 0.05) is 13.7 Å². The fourth-order valence-electron chi connectivity index (χ4n) is 1.62. The molecule has 0 aliphatic heterocycles.